The monoisotopic (exact) mass is 335 g/mol. The van der Waals surface area contributed by atoms with E-state index in [2.05, 4.69) is 27.6 Å². The molecule has 128 valence electrons. The lowest BCUT2D eigenvalue weighted by atomic mass is 10.1. The number of hydrogen-bond donors (Lipinski definition) is 1. The molecule has 1 aromatic carbocycles. The topological polar surface area (TPSA) is 68.0 Å². The van der Waals surface area contributed by atoms with Gasteiger partial charge in [0.15, 0.2) is 5.76 Å². The summed E-state index contributed by atoms with van der Waals surface area (Å²) in [5.41, 5.74) is 3.14. The van der Waals surface area contributed by atoms with Crippen molar-refractivity contribution in [3.8, 4) is 11.3 Å². The minimum absolute atomic E-state index is 0.155. The standard InChI is InChI=1S/C20H21N3O2/c1-15-18(19(25-23-15)17-11-7-12-21-14-17)20(24)22-13-6-5-10-16-8-3-2-4-9-16/h2-4,7-9,11-12,14H,5-6,10,13H2,1H3,(H,22,24). The fraction of sp³-hybridized carbons (Fsp3) is 0.250. The summed E-state index contributed by atoms with van der Waals surface area (Å²) >= 11 is 0. The Hall–Kier alpha value is -2.95. The van der Waals surface area contributed by atoms with Crippen LogP contribution in [0.4, 0.5) is 0 Å². The highest BCUT2D eigenvalue weighted by Gasteiger charge is 2.21. The van der Waals surface area contributed by atoms with E-state index in [1.807, 2.05) is 24.3 Å². The summed E-state index contributed by atoms with van der Waals surface area (Å²) in [5, 5.41) is 6.90. The molecule has 0 aliphatic heterocycles. The van der Waals surface area contributed by atoms with Crippen LogP contribution in [0.2, 0.25) is 0 Å². The van der Waals surface area contributed by atoms with Crippen LogP contribution in [0.1, 0.15) is 34.5 Å². The minimum Gasteiger partial charge on any atom is -0.355 e. The van der Waals surface area contributed by atoms with E-state index in [1.165, 1.54) is 5.56 Å². The number of carbonyl (C=O) groups excluding carboxylic acids is 1. The molecule has 2 aromatic heterocycles. The maximum atomic E-state index is 12.5. The van der Waals surface area contributed by atoms with E-state index in [-0.39, 0.29) is 5.91 Å². The predicted molar refractivity (Wildman–Crippen MR) is 96.2 cm³/mol. The minimum atomic E-state index is -0.155. The zero-order chi connectivity index (χ0) is 17.5. The van der Waals surface area contributed by atoms with Crippen molar-refractivity contribution in [1.82, 2.24) is 15.5 Å². The third-order valence-corrected chi connectivity index (χ3v) is 4.03. The maximum absolute atomic E-state index is 12.5. The van der Waals surface area contributed by atoms with Crippen LogP contribution in [0.15, 0.2) is 59.4 Å². The molecule has 5 heteroatoms. The number of benzene rings is 1. The summed E-state index contributed by atoms with van der Waals surface area (Å²) in [6.07, 6.45) is 6.31. The number of carbonyl (C=O) groups is 1. The van der Waals surface area contributed by atoms with Gasteiger partial charge in [-0.2, -0.15) is 0 Å². The molecule has 1 N–H and O–H groups in total. The Morgan fingerprint density at radius 1 is 1.12 bits per heavy atom. The van der Waals surface area contributed by atoms with Gasteiger partial charge in [-0.15, -0.1) is 0 Å². The van der Waals surface area contributed by atoms with Gasteiger partial charge in [0, 0.05) is 24.5 Å². The fourth-order valence-corrected chi connectivity index (χ4v) is 2.72. The molecule has 0 bridgehead atoms. The first-order valence-corrected chi connectivity index (χ1v) is 8.44. The average Bonchev–Trinajstić information content (AvgIpc) is 3.04. The van der Waals surface area contributed by atoms with E-state index in [0.717, 1.165) is 24.8 Å². The third-order valence-electron chi connectivity index (χ3n) is 4.03. The Bertz CT molecular complexity index is 813. The van der Waals surface area contributed by atoms with E-state index >= 15 is 0 Å². The molecule has 0 aliphatic rings. The van der Waals surface area contributed by atoms with Crippen molar-refractivity contribution in [2.24, 2.45) is 0 Å². The normalized spacial score (nSPS) is 10.6. The zero-order valence-corrected chi connectivity index (χ0v) is 14.2. The smallest absolute Gasteiger partial charge is 0.257 e. The van der Waals surface area contributed by atoms with Gasteiger partial charge in [0.2, 0.25) is 0 Å². The van der Waals surface area contributed by atoms with Crippen LogP contribution in [0, 0.1) is 6.92 Å². The Labute approximate surface area is 147 Å². The molecule has 25 heavy (non-hydrogen) atoms. The van der Waals surface area contributed by atoms with Crippen molar-refractivity contribution < 1.29 is 9.32 Å². The van der Waals surface area contributed by atoms with Gasteiger partial charge >= 0.3 is 0 Å². The molecule has 0 fully saturated rings. The predicted octanol–water partition coefficient (Wildman–Crippen LogP) is 3.80. The number of amides is 1. The van der Waals surface area contributed by atoms with Crippen molar-refractivity contribution in [3.63, 3.8) is 0 Å². The number of nitrogens with one attached hydrogen (secondary N) is 1. The molecule has 0 unspecified atom stereocenters. The second-order valence-corrected chi connectivity index (χ2v) is 5.91. The van der Waals surface area contributed by atoms with Gasteiger partial charge < -0.3 is 9.84 Å². The Morgan fingerprint density at radius 2 is 1.96 bits per heavy atom. The van der Waals surface area contributed by atoms with Gasteiger partial charge in [0.05, 0.1) is 5.69 Å². The first-order valence-electron chi connectivity index (χ1n) is 8.44. The highest BCUT2D eigenvalue weighted by atomic mass is 16.5. The number of unbranched alkanes of at least 4 members (excludes halogenated alkanes) is 1. The van der Waals surface area contributed by atoms with E-state index < -0.39 is 0 Å². The van der Waals surface area contributed by atoms with Crippen LogP contribution < -0.4 is 5.32 Å². The largest absolute Gasteiger partial charge is 0.355 e. The van der Waals surface area contributed by atoms with E-state index in [9.17, 15) is 4.79 Å². The summed E-state index contributed by atoms with van der Waals surface area (Å²) in [7, 11) is 0. The lowest BCUT2D eigenvalue weighted by Crippen LogP contribution is -2.25. The van der Waals surface area contributed by atoms with Gasteiger partial charge in [-0.1, -0.05) is 35.5 Å². The van der Waals surface area contributed by atoms with Gasteiger partial charge in [-0.3, -0.25) is 9.78 Å². The van der Waals surface area contributed by atoms with Gasteiger partial charge in [0.25, 0.3) is 5.91 Å². The van der Waals surface area contributed by atoms with Crippen molar-refractivity contribution >= 4 is 5.91 Å². The van der Waals surface area contributed by atoms with Crippen LogP contribution >= 0.6 is 0 Å². The number of aromatic nitrogens is 2. The molecule has 0 radical (unpaired) electrons. The van der Waals surface area contributed by atoms with Crippen LogP contribution in [-0.4, -0.2) is 22.6 Å². The number of aryl methyl sites for hydroxylation is 2. The molecule has 0 saturated carbocycles. The lowest BCUT2D eigenvalue weighted by Gasteiger charge is -2.06. The van der Waals surface area contributed by atoms with Crippen molar-refractivity contribution in [3.05, 3.63) is 71.7 Å². The first-order chi connectivity index (χ1) is 12.3. The molecule has 0 spiro atoms. The Kier molecular flexibility index (Phi) is 5.57. The Balaban J connectivity index is 1.54. The lowest BCUT2D eigenvalue weighted by molar-refractivity contribution is 0.0952. The number of rotatable bonds is 7. The molecular weight excluding hydrogens is 314 g/mol. The summed E-state index contributed by atoms with van der Waals surface area (Å²) in [4.78, 5) is 16.6. The van der Waals surface area contributed by atoms with Crippen LogP contribution in [0.5, 0.6) is 0 Å². The molecule has 2 heterocycles. The zero-order valence-electron chi connectivity index (χ0n) is 14.2. The number of hydrogen-bond acceptors (Lipinski definition) is 4. The number of pyridine rings is 1. The third kappa shape index (κ3) is 4.32. The highest BCUT2D eigenvalue weighted by Crippen LogP contribution is 2.25. The molecule has 0 aliphatic carbocycles. The average molecular weight is 335 g/mol. The molecular formula is C20H21N3O2. The van der Waals surface area contributed by atoms with Gasteiger partial charge in [-0.05, 0) is 43.9 Å². The van der Waals surface area contributed by atoms with Crippen molar-refractivity contribution in [2.75, 3.05) is 6.54 Å². The van der Waals surface area contributed by atoms with Crippen molar-refractivity contribution in [2.45, 2.75) is 26.2 Å². The first kappa shape index (κ1) is 16.9. The summed E-state index contributed by atoms with van der Waals surface area (Å²) in [6, 6.07) is 14.0. The summed E-state index contributed by atoms with van der Waals surface area (Å²) in [6.45, 7) is 2.40. The summed E-state index contributed by atoms with van der Waals surface area (Å²) in [5.74, 6) is 0.310. The van der Waals surface area contributed by atoms with Crippen LogP contribution in [-0.2, 0) is 6.42 Å². The van der Waals surface area contributed by atoms with E-state index in [4.69, 9.17) is 4.52 Å². The van der Waals surface area contributed by atoms with Gasteiger partial charge in [0.1, 0.15) is 5.56 Å². The highest BCUT2D eigenvalue weighted by molar-refractivity contribution is 6.00. The van der Waals surface area contributed by atoms with E-state index in [0.29, 0.717) is 23.6 Å². The van der Waals surface area contributed by atoms with Gasteiger partial charge in [-0.25, -0.2) is 0 Å². The fourth-order valence-electron chi connectivity index (χ4n) is 2.72. The summed E-state index contributed by atoms with van der Waals surface area (Å²) < 4.78 is 5.34. The molecule has 1 amide bonds. The van der Waals surface area contributed by atoms with Crippen LogP contribution in [0.3, 0.4) is 0 Å². The molecule has 0 saturated heterocycles. The van der Waals surface area contributed by atoms with Crippen molar-refractivity contribution in [1.29, 1.82) is 0 Å². The molecule has 0 atom stereocenters. The molecule has 3 rings (SSSR count). The van der Waals surface area contributed by atoms with Crippen LogP contribution in [0.25, 0.3) is 11.3 Å². The number of nitrogens with zero attached hydrogens (tertiary/aromatic N) is 2. The second kappa shape index (κ2) is 8.24. The quantitative estimate of drug-likeness (QED) is 0.667. The SMILES string of the molecule is Cc1noc(-c2cccnc2)c1C(=O)NCCCCc1ccccc1. The molecule has 5 nitrogen and oxygen atoms in total. The Morgan fingerprint density at radius 3 is 2.72 bits per heavy atom. The second-order valence-electron chi connectivity index (χ2n) is 5.91. The van der Waals surface area contributed by atoms with E-state index in [1.54, 1.807) is 25.4 Å². The maximum Gasteiger partial charge on any atom is 0.257 e. The molecule has 3 aromatic rings.